The van der Waals surface area contributed by atoms with E-state index in [2.05, 4.69) is 17.2 Å². The lowest BCUT2D eigenvalue weighted by molar-refractivity contribution is 1.02. The first kappa shape index (κ1) is 11.6. The second-order valence-electron chi connectivity index (χ2n) is 3.47. The molecule has 0 spiro atoms. The molecule has 0 bridgehead atoms. The zero-order valence-electron chi connectivity index (χ0n) is 9.59. The third kappa shape index (κ3) is 2.73. The maximum absolute atomic E-state index is 5.69. The summed E-state index contributed by atoms with van der Waals surface area (Å²) >= 11 is 0. The zero-order chi connectivity index (χ0) is 11.3. The second kappa shape index (κ2) is 5.41. The minimum absolute atomic E-state index is 0.830. The van der Waals surface area contributed by atoms with Crippen molar-refractivity contribution in [2.75, 3.05) is 19.8 Å². The molecule has 1 aromatic heterocycles. The van der Waals surface area contributed by atoms with Gasteiger partial charge in [-0.2, -0.15) is 0 Å². The Kier molecular flexibility index (Phi) is 4.18. The molecule has 3 heteroatoms. The minimum atomic E-state index is 0.830. The van der Waals surface area contributed by atoms with Crippen molar-refractivity contribution in [3.05, 3.63) is 30.0 Å². The maximum Gasteiger partial charge on any atom is 0.0458 e. The Balaban J connectivity index is 0.000000337. The van der Waals surface area contributed by atoms with Crippen LogP contribution in [0, 0.1) is 0 Å². The van der Waals surface area contributed by atoms with Crippen molar-refractivity contribution >= 4 is 16.6 Å². The Morgan fingerprint density at radius 1 is 1.33 bits per heavy atom. The van der Waals surface area contributed by atoms with E-state index in [0.717, 1.165) is 12.1 Å². The molecule has 0 saturated carbocycles. The van der Waals surface area contributed by atoms with E-state index in [1.54, 1.807) is 0 Å². The van der Waals surface area contributed by atoms with Gasteiger partial charge in [0.1, 0.15) is 0 Å². The molecule has 0 amide bonds. The summed E-state index contributed by atoms with van der Waals surface area (Å²) in [7, 11) is 3.75. The molecule has 0 unspecified atom stereocenters. The van der Waals surface area contributed by atoms with Crippen molar-refractivity contribution in [3.8, 4) is 0 Å². The van der Waals surface area contributed by atoms with E-state index in [1.165, 1.54) is 16.5 Å². The number of hydrogen-bond acceptors (Lipinski definition) is 2. The Labute approximate surface area is 90.7 Å². The van der Waals surface area contributed by atoms with Crippen LogP contribution >= 0.6 is 0 Å². The molecule has 0 radical (unpaired) electrons. The molecule has 1 heterocycles. The van der Waals surface area contributed by atoms with E-state index in [-0.39, 0.29) is 0 Å². The number of anilines is 1. The summed E-state index contributed by atoms with van der Waals surface area (Å²) < 4.78 is 0. The zero-order valence-corrected chi connectivity index (χ0v) is 9.59. The fourth-order valence-electron chi connectivity index (χ4n) is 1.49. The average Bonchev–Trinajstić information content (AvgIpc) is 2.61. The van der Waals surface area contributed by atoms with Crippen LogP contribution in [-0.2, 0) is 6.42 Å². The van der Waals surface area contributed by atoms with Gasteiger partial charge in [-0.15, -0.1) is 0 Å². The van der Waals surface area contributed by atoms with Gasteiger partial charge in [-0.3, -0.25) is 0 Å². The molecular formula is C12H19N3. The Hall–Kier alpha value is -1.48. The van der Waals surface area contributed by atoms with Gasteiger partial charge in [0.05, 0.1) is 0 Å². The SMILES string of the molecule is CCc1c[nH]c2ccc(N)cc12.CNC. The van der Waals surface area contributed by atoms with Gasteiger partial charge in [-0.1, -0.05) is 6.92 Å². The molecule has 2 rings (SSSR count). The third-order valence-electron chi connectivity index (χ3n) is 2.17. The lowest BCUT2D eigenvalue weighted by Crippen LogP contribution is -1.89. The highest BCUT2D eigenvalue weighted by Crippen LogP contribution is 2.20. The number of aryl methyl sites for hydroxylation is 1. The van der Waals surface area contributed by atoms with E-state index in [1.807, 2.05) is 38.5 Å². The van der Waals surface area contributed by atoms with Gasteiger partial charge in [-0.25, -0.2) is 0 Å². The molecule has 0 aliphatic rings. The van der Waals surface area contributed by atoms with Crippen molar-refractivity contribution in [1.29, 1.82) is 0 Å². The standard InChI is InChI=1S/C10H12N2.C2H7N/c1-2-7-6-12-10-4-3-8(11)5-9(7)10;1-3-2/h3-6,12H,2,11H2,1H3;3H,1-2H3. The number of H-pyrrole nitrogens is 1. The van der Waals surface area contributed by atoms with Crippen LogP contribution in [0.5, 0.6) is 0 Å². The van der Waals surface area contributed by atoms with Gasteiger partial charge in [0.15, 0.2) is 0 Å². The first-order valence-corrected chi connectivity index (χ1v) is 5.16. The predicted molar refractivity (Wildman–Crippen MR) is 67.1 cm³/mol. The number of fused-ring (bicyclic) bond motifs is 1. The fraction of sp³-hybridized carbons (Fsp3) is 0.333. The quantitative estimate of drug-likeness (QED) is 0.625. The van der Waals surface area contributed by atoms with Crippen LogP contribution in [0.1, 0.15) is 12.5 Å². The lowest BCUT2D eigenvalue weighted by Gasteiger charge is -1.95. The summed E-state index contributed by atoms with van der Waals surface area (Å²) in [6, 6.07) is 5.95. The van der Waals surface area contributed by atoms with E-state index in [4.69, 9.17) is 5.73 Å². The summed E-state index contributed by atoms with van der Waals surface area (Å²) in [5, 5.41) is 4.00. The van der Waals surface area contributed by atoms with Crippen molar-refractivity contribution < 1.29 is 0 Å². The van der Waals surface area contributed by atoms with Crippen molar-refractivity contribution in [2.45, 2.75) is 13.3 Å². The van der Waals surface area contributed by atoms with Gasteiger partial charge in [0, 0.05) is 22.8 Å². The predicted octanol–water partition coefficient (Wildman–Crippen LogP) is 2.15. The molecule has 0 saturated heterocycles. The molecular weight excluding hydrogens is 186 g/mol. The molecule has 1 aromatic carbocycles. The summed E-state index contributed by atoms with van der Waals surface area (Å²) in [6.45, 7) is 2.14. The summed E-state index contributed by atoms with van der Waals surface area (Å²) in [6.07, 6.45) is 3.09. The molecule has 0 aliphatic carbocycles. The van der Waals surface area contributed by atoms with E-state index >= 15 is 0 Å². The number of nitrogens with one attached hydrogen (secondary N) is 2. The highest BCUT2D eigenvalue weighted by molar-refractivity contribution is 5.85. The number of nitrogen functional groups attached to an aromatic ring is 1. The highest BCUT2D eigenvalue weighted by atomic mass is 14.7. The average molecular weight is 205 g/mol. The van der Waals surface area contributed by atoms with E-state index < -0.39 is 0 Å². The lowest BCUT2D eigenvalue weighted by atomic mass is 10.1. The minimum Gasteiger partial charge on any atom is -0.399 e. The van der Waals surface area contributed by atoms with Crippen LogP contribution < -0.4 is 11.1 Å². The first-order chi connectivity index (χ1) is 7.22. The van der Waals surface area contributed by atoms with Crippen molar-refractivity contribution in [1.82, 2.24) is 10.3 Å². The molecule has 4 N–H and O–H groups in total. The summed E-state index contributed by atoms with van der Waals surface area (Å²) in [5.74, 6) is 0. The monoisotopic (exact) mass is 205 g/mol. The first-order valence-electron chi connectivity index (χ1n) is 5.16. The van der Waals surface area contributed by atoms with Crippen LogP contribution in [-0.4, -0.2) is 19.1 Å². The van der Waals surface area contributed by atoms with Gasteiger partial charge in [0.2, 0.25) is 0 Å². The number of rotatable bonds is 1. The largest absolute Gasteiger partial charge is 0.399 e. The Morgan fingerprint density at radius 2 is 2.00 bits per heavy atom. The Bertz CT molecular complexity index is 418. The van der Waals surface area contributed by atoms with E-state index in [0.29, 0.717) is 0 Å². The molecule has 0 atom stereocenters. The number of benzene rings is 1. The van der Waals surface area contributed by atoms with Crippen LogP contribution in [0.15, 0.2) is 24.4 Å². The third-order valence-corrected chi connectivity index (χ3v) is 2.17. The van der Waals surface area contributed by atoms with Gasteiger partial charge in [0.25, 0.3) is 0 Å². The Morgan fingerprint density at radius 3 is 2.60 bits per heavy atom. The van der Waals surface area contributed by atoms with Crippen molar-refractivity contribution in [3.63, 3.8) is 0 Å². The normalized spacial score (nSPS) is 9.80. The molecule has 0 aliphatic heterocycles. The molecule has 15 heavy (non-hydrogen) atoms. The van der Waals surface area contributed by atoms with Crippen LogP contribution in [0.2, 0.25) is 0 Å². The molecule has 82 valence electrons. The second-order valence-corrected chi connectivity index (χ2v) is 3.47. The van der Waals surface area contributed by atoms with E-state index in [9.17, 15) is 0 Å². The smallest absolute Gasteiger partial charge is 0.0458 e. The summed E-state index contributed by atoms with van der Waals surface area (Å²) in [4.78, 5) is 3.21. The number of aromatic nitrogens is 1. The number of aromatic amines is 1. The van der Waals surface area contributed by atoms with Crippen LogP contribution in [0.4, 0.5) is 5.69 Å². The van der Waals surface area contributed by atoms with Crippen LogP contribution in [0.3, 0.4) is 0 Å². The van der Waals surface area contributed by atoms with Crippen molar-refractivity contribution in [2.24, 2.45) is 0 Å². The maximum atomic E-state index is 5.69. The fourth-order valence-corrected chi connectivity index (χ4v) is 1.49. The number of hydrogen-bond donors (Lipinski definition) is 3. The topological polar surface area (TPSA) is 53.8 Å². The molecule has 0 fully saturated rings. The van der Waals surface area contributed by atoms with Gasteiger partial charge < -0.3 is 16.0 Å². The van der Waals surface area contributed by atoms with Gasteiger partial charge in [-0.05, 0) is 44.3 Å². The molecule has 3 nitrogen and oxygen atoms in total. The highest BCUT2D eigenvalue weighted by Gasteiger charge is 2.00. The summed E-state index contributed by atoms with van der Waals surface area (Å²) in [5.41, 5.74) is 9.02. The van der Waals surface area contributed by atoms with Crippen LogP contribution in [0.25, 0.3) is 10.9 Å². The van der Waals surface area contributed by atoms with Gasteiger partial charge >= 0.3 is 0 Å². The number of nitrogens with two attached hydrogens (primary N) is 1. The molecule has 2 aromatic rings.